The molecule has 0 bridgehead atoms. The van der Waals surface area contributed by atoms with Crippen LogP contribution in [0.4, 0.5) is 9.18 Å². The van der Waals surface area contributed by atoms with Gasteiger partial charge in [-0.2, -0.15) is 0 Å². The molecule has 1 unspecified atom stereocenters. The third kappa shape index (κ3) is 3.79. The minimum Gasteiger partial charge on any atom is -0.440 e. The molecule has 5 nitrogen and oxygen atoms in total. The highest BCUT2D eigenvalue weighted by molar-refractivity contribution is 5.75. The zero-order valence-electron chi connectivity index (χ0n) is 15.2. The number of carbonyl (C=O) groups is 1. The number of carbonyl (C=O) groups excluding carboxylic acids is 1. The molecule has 3 aromatic rings. The number of halogens is 1. The number of benzene rings is 2. The molecule has 140 valence electrons. The van der Waals surface area contributed by atoms with Crippen LogP contribution in [-0.4, -0.2) is 29.0 Å². The molecule has 2 amide bonds. The molecule has 1 aliphatic rings. The number of fused-ring (bicyclic) bond motifs is 1. The van der Waals surface area contributed by atoms with Crippen LogP contribution in [-0.2, 0) is 0 Å². The number of piperidine rings is 1. The molecule has 1 N–H and O–H groups in total. The first-order valence-electron chi connectivity index (χ1n) is 9.26. The molecular weight excluding hydrogens is 345 g/mol. The lowest BCUT2D eigenvalue weighted by molar-refractivity contribution is 0.174. The minimum atomic E-state index is -0.279. The van der Waals surface area contributed by atoms with Gasteiger partial charge in [-0.25, -0.2) is 14.2 Å². The molecule has 4 rings (SSSR count). The molecule has 6 heteroatoms. The Morgan fingerprint density at radius 1 is 1.19 bits per heavy atom. The number of likely N-dealkylation sites (tertiary alicyclic amines) is 1. The van der Waals surface area contributed by atoms with Crippen LogP contribution in [0.25, 0.3) is 11.1 Å². The third-order valence-corrected chi connectivity index (χ3v) is 5.15. The smallest absolute Gasteiger partial charge is 0.317 e. The second-order valence-electron chi connectivity index (χ2n) is 7.00. The van der Waals surface area contributed by atoms with Crippen molar-refractivity contribution in [2.45, 2.75) is 31.7 Å². The van der Waals surface area contributed by atoms with Gasteiger partial charge in [-0.05, 0) is 49.6 Å². The van der Waals surface area contributed by atoms with Crippen molar-refractivity contribution in [1.82, 2.24) is 15.2 Å². The summed E-state index contributed by atoms with van der Waals surface area (Å²) in [5.74, 6) is 0.713. The molecule has 1 fully saturated rings. The molecule has 2 aromatic carbocycles. The fraction of sp³-hybridized carbons (Fsp3) is 0.333. The van der Waals surface area contributed by atoms with Gasteiger partial charge in [0, 0.05) is 19.0 Å². The van der Waals surface area contributed by atoms with E-state index in [9.17, 15) is 9.18 Å². The van der Waals surface area contributed by atoms with Gasteiger partial charge in [0.1, 0.15) is 11.3 Å². The first kappa shape index (κ1) is 17.5. The highest BCUT2D eigenvalue weighted by atomic mass is 19.1. The lowest BCUT2D eigenvalue weighted by atomic mass is 9.97. The number of amides is 2. The predicted molar refractivity (Wildman–Crippen MR) is 101 cm³/mol. The molecule has 2 heterocycles. The number of hydrogen-bond acceptors (Lipinski definition) is 3. The van der Waals surface area contributed by atoms with Gasteiger partial charge in [-0.1, -0.05) is 24.3 Å². The van der Waals surface area contributed by atoms with Crippen LogP contribution in [0.3, 0.4) is 0 Å². The Bertz CT molecular complexity index is 897. The maximum atomic E-state index is 13.0. The number of oxazole rings is 1. The summed E-state index contributed by atoms with van der Waals surface area (Å²) in [5.41, 5.74) is 2.56. The number of nitrogens with zero attached hydrogens (tertiary/aromatic N) is 2. The average Bonchev–Trinajstić information content (AvgIpc) is 3.13. The predicted octanol–water partition coefficient (Wildman–Crippen LogP) is 4.62. The highest BCUT2D eigenvalue weighted by Crippen LogP contribution is 2.30. The lowest BCUT2D eigenvalue weighted by Gasteiger charge is -2.31. The van der Waals surface area contributed by atoms with Gasteiger partial charge >= 0.3 is 6.03 Å². The van der Waals surface area contributed by atoms with E-state index >= 15 is 0 Å². The molecule has 0 radical (unpaired) electrons. The van der Waals surface area contributed by atoms with Crippen molar-refractivity contribution in [3.8, 4) is 0 Å². The maximum Gasteiger partial charge on any atom is 0.317 e. The minimum absolute atomic E-state index is 0.0946. The summed E-state index contributed by atoms with van der Waals surface area (Å²) in [6, 6.07) is 13.7. The Labute approximate surface area is 157 Å². The van der Waals surface area contributed by atoms with Crippen LogP contribution < -0.4 is 5.32 Å². The van der Waals surface area contributed by atoms with E-state index < -0.39 is 0 Å². The Morgan fingerprint density at radius 3 is 2.59 bits per heavy atom. The largest absolute Gasteiger partial charge is 0.440 e. The Hall–Kier alpha value is -2.89. The van der Waals surface area contributed by atoms with Crippen molar-refractivity contribution >= 4 is 17.1 Å². The van der Waals surface area contributed by atoms with Crippen molar-refractivity contribution in [3.63, 3.8) is 0 Å². The summed E-state index contributed by atoms with van der Waals surface area (Å²) >= 11 is 0. The SMILES string of the molecule is CC(NC(=O)N1CCC(c2nc3ccccc3o2)CC1)c1ccc(F)cc1. The van der Waals surface area contributed by atoms with E-state index in [1.165, 1.54) is 12.1 Å². The van der Waals surface area contributed by atoms with E-state index in [1.54, 1.807) is 12.1 Å². The fourth-order valence-corrected chi connectivity index (χ4v) is 3.51. The number of nitrogens with one attached hydrogen (secondary N) is 1. The summed E-state index contributed by atoms with van der Waals surface area (Å²) in [7, 11) is 0. The molecule has 1 aromatic heterocycles. The number of urea groups is 1. The van der Waals surface area contributed by atoms with Gasteiger partial charge in [0.05, 0.1) is 6.04 Å². The summed E-state index contributed by atoms with van der Waals surface area (Å²) in [4.78, 5) is 18.9. The standard InChI is InChI=1S/C21H22FN3O2/c1-14(15-6-8-17(22)9-7-15)23-21(26)25-12-10-16(11-13-25)20-24-18-4-2-3-5-19(18)27-20/h2-9,14,16H,10-13H2,1H3,(H,23,26). The quantitative estimate of drug-likeness (QED) is 0.735. The number of para-hydroxylation sites is 2. The lowest BCUT2D eigenvalue weighted by Crippen LogP contribution is -2.44. The van der Waals surface area contributed by atoms with Gasteiger partial charge in [-0.15, -0.1) is 0 Å². The summed E-state index contributed by atoms with van der Waals surface area (Å²) < 4.78 is 18.9. The summed E-state index contributed by atoms with van der Waals surface area (Å²) in [6.45, 7) is 3.22. The molecule has 1 aliphatic heterocycles. The molecule has 0 saturated carbocycles. The Kier molecular flexibility index (Phi) is 4.79. The summed E-state index contributed by atoms with van der Waals surface area (Å²) in [5, 5.41) is 2.99. The Morgan fingerprint density at radius 2 is 1.89 bits per heavy atom. The van der Waals surface area contributed by atoms with Crippen LogP contribution in [0.2, 0.25) is 0 Å². The fourth-order valence-electron chi connectivity index (χ4n) is 3.51. The summed E-state index contributed by atoms with van der Waals surface area (Å²) in [6.07, 6.45) is 1.65. The molecule has 0 aliphatic carbocycles. The van der Waals surface area contributed by atoms with Crippen molar-refractivity contribution in [2.24, 2.45) is 0 Å². The van der Waals surface area contributed by atoms with Crippen LogP contribution in [0.15, 0.2) is 52.9 Å². The van der Waals surface area contributed by atoms with E-state index in [4.69, 9.17) is 4.42 Å². The van der Waals surface area contributed by atoms with E-state index in [1.807, 2.05) is 36.1 Å². The van der Waals surface area contributed by atoms with Crippen molar-refractivity contribution in [2.75, 3.05) is 13.1 Å². The number of hydrogen-bond donors (Lipinski definition) is 1. The molecule has 1 atom stereocenters. The monoisotopic (exact) mass is 367 g/mol. The number of aromatic nitrogens is 1. The van der Waals surface area contributed by atoms with Gasteiger partial charge < -0.3 is 14.6 Å². The van der Waals surface area contributed by atoms with Gasteiger partial charge in [0.25, 0.3) is 0 Å². The van der Waals surface area contributed by atoms with Crippen LogP contribution >= 0.6 is 0 Å². The van der Waals surface area contributed by atoms with Crippen molar-refractivity contribution < 1.29 is 13.6 Å². The van der Waals surface area contributed by atoms with E-state index in [2.05, 4.69) is 10.3 Å². The second kappa shape index (κ2) is 7.39. The van der Waals surface area contributed by atoms with E-state index in [-0.39, 0.29) is 23.8 Å². The zero-order valence-corrected chi connectivity index (χ0v) is 15.2. The van der Waals surface area contributed by atoms with Gasteiger partial charge in [0.2, 0.25) is 0 Å². The van der Waals surface area contributed by atoms with E-state index in [0.29, 0.717) is 13.1 Å². The molecule has 1 saturated heterocycles. The topological polar surface area (TPSA) is 58.4 Å². The van der Waals surface area contributed by atoms with Gasteiger partial charge in [-0.3, -0.25) is 0 Å². The molecule has 27 heavy (non-hydrogen) atoms. The van der Waals surface area contributed by atoms with Crippen LogP contribution in [0.5, 0.6) is 0 Å². The van der Waals surface area contributed by atoms with Crippen LogP contribution in [0, 0.1) is 5.82 Å². The maximum absolute atomic E-state index is 13.0. The number of rotatable bonds is 3. The normalized spacial score (nSPS) is 16.4. The third-order valence-electron chi connectivity index (χ3n) is 5.15. The molecular formula is C21H22FN3O2. The zero-order chi connectivity index (χ0) is 18.8. The highest BCUT2D eigenvalue weighted by Gasteiger charge is 2.27. The first-order chi connectivity index (χ1) is 13.1. The van der Waals surface area contributed by atoms with Gasteiger partial charge in [0.15, 0.2) is 11.5 Å². The van der Waals surface area contributed by atoms with Crippen LogP contribution in [0.1, 0.15) is 43.2 Å². The first-order valence-corrected chi connectivity index (χ1v) is 9.26. The van der Waals surface area contributed by atoms with Crippen molar-refractivity contribution in [1.29, 1.82) is 0 Å². The molecule has 0 spiro atoms. The van der Waals surface area contributed by atoms with E-state index in [0.717, 1.165) is 35.4 Å². The van der Waals surface area contributed by atoms with Crippen molar-refractivity contribution in [3.05, 3.63) is 65.8 Å². The average molecular weight is 367 g/mol. The second-order valence-corrected chi connectivity index (χ2v) is 7.00. The Balaban J connectivity index is 1.34.